The average molecular weight is 404 g/mol. The van der Waals surface area contributed by atoms with E-state index in [0.29, 0.717) is 11.3 Å². The van der Waals surface area contributed by atoms with E-state index >= 15 is 0 Å². The first-order valence-corrected chi connectivity index (χ1v) is 10.5. The molecule has 0 aliphatic carbocycles. The second-order valence-corrected chi connectivity index (χ2v) is 8.36. The summed E-state index contributed by atoms with van der Waals surface area (Å²) in [5, 5.41) is 1.65. The van der Waals surface area contributed by atoms with Crippen LogP contribution in [0.3, 0.4) is 0 Å². The number of nitrogens with zero attached hydrogens (tertiary/aromatic N) is 3. The van der Waals surface area contributed by atoms with Gasteiger partial charge in [-0.2, -0.15) is 0 Å². The van der Waals surface area contributed by atoms with Gasteiger partial charge in [0.2, 0.25) is 0 Å². The maximum atomic E-state index is 13.2. The minimum atomic E-state index is -0.193. The highest BCUT2D eigenvalue weighted by Gasteiger charge is 2.28. The molecule has 1 fully saturated rings. The SMILES string of the molecule is C[C@@H]1CCN(CCc2ccc(F)cc2)C[C@@H]1n1ccc(=O)c2cnc3[nH]ccc3c21. The van der Waals surface area contributed by atoms with Crippen LogP contribution in [0.15, 0.2) is 59.8 Å². The fourth-order valence-electron chi connectivity index (χ4n) is 4.66. The van der Waals surface area contributed by atoms with E-state index in [2.05, 4.69) is 26.4 Å². The van der Waals surface area contributed by atoms with E-state index in [1.165, 1.54) is 12.1 Å². The summed E-state index contributed by atoms with van der Waals surface area (Å²) in [4.78, 5) is 22.6. The minimum absolute atomic E-state index is 0.00785. The van der Waals surface area contributed by atoms with Crippen LogP contribution < -0.4 is 5.43 Å². The zero-order valence-corrected chi connectivity index (χ0v) is 17.0. The third kappa shape index (κ3) is 3.41. The fraction of sp³-hybridized carbons (Fsp3) is 0.333. The van der Waals surface area contributed by atoms with Crippen LogP contribution in [0.5, 0.6) is 0 Å². The molecular weight excluding hydrogens is 379 g/mol. The Labute approximate surface area is 174 Å². The second-order valence-electron chi connectivity index (χ2n) is 8.36. The third-order valence-electron chi connectivity index (χ3n) is 6.46. The monoisotopic (exact) mass is 404 g/mol. The van der Waals surface area contributed by atoms with E-state index in [4.69, 9.17) is 0 Å². The highest BCUT2D eigenvalue weighted by Crippen LogP contribution is 2.32. The van der Waals surface area contributed by atoms with Gasteiger partial charge in [0.05, 0.1) is 10.9 Å². The van der Waals surface area contributed by atoms with E-state index in [1.54, 1.807) is 12.3 Å². The summed E-state index contributed by atoms with van der Waals surface area (Å²) in [6.07, 6.45) is 7.51. The number of hydrogen-bond donors (Lipinski definition) is 1. The lowest BCUT2D eigenvalue weighted by Gasteiger charge is -2.39. The molecule has 0 amide bonds. The molecule has 0 saturated carbocycles. The van der Waals surface area contributed by atoms with Crippen LogP contribution >= 0.6 is 0 Å². The van der Waals surface area contributed by atoms with Gasteiger partial charge in [-0.1, -0.05) is 19.1 Å². The molecule has 1 aliphatic heterocycles. The van der Waals surface area contributed by atoms with Crippen molar-refractivity contribution in [2.45, 2.75) is 25.8 Å². The molecule has 0 spiro atoms. The summed E-state index contributed by atoms with van der Waals surface area (Å²) in [7, 11) is 0. The number of pyridine rings is 2. The highest BCUT2D eigenvalue weighted by atomic mass is 19.1. The molecule has 4 heterocycles. The molecular formula is C24H25FN4O. The molecule has 5 nitrogen and oxygen atoms in total. The van der Waals surface area contributed by atoms with E-state index in [0.717, 1.165) is 54.6 Å². The lowest BCUT2D eigenvalue weighted by molar-refractivity contribution is 0.136. The smallest absolute Gasteiger partial charge is 0.190 e. The maximum absolute atomic E-state index is 13.2. The molecule has 6 heteroatoms. The van der Waals surface area contributed by atoms with Gasteiger partial charge in [0.1, 0.15) is 11.5 Å². The molecule has 30 heavy (non-hydrogen) atoms. The van der Waals surface area contributed by atoms with Crippen molar-refractivity contribution in [2.75, 3.05) is 19.6 Å². The standard InChI is InChI=1S/C24H25FN4O/c1-16-7-11-28(12-8-17-2-4-18(25)5-3-17)15-21(16)29-13-9-22(30)20-14-27-24-19(23(20)29)6-10-26-24/h2-6,9-10,13-14,16,21H,7-8,11-12,15H2,1H3,(H,26,27)/t16-,21+/m1/s1. The molecule has 0 unspecified atom stereocenters. The summed E-state index contributed by atoms with van der Waals surface area (Å²) in [6.45, 7) is 5.21. The molecule has 1 aliphatic rings. The van der Waals surface area contributed by atoms with Crippen molar-refractivity contribution < 1.29 is 4.39 Å². The number of aromatic nitrogens is 3. The molecule has 1 N–H and O–H groups in total. The van der Waals surface area contributed by atoms with Gasteiger partial charge in [0.15, 0.2) is 5.43 Å². The van der Waals surface area contributed by atoms with Crippen LogP contribution in [0.1, 0.15) is 24.9 Å². The Hall–Kier alpha value is -2.99. The fourth-order valence-corrected chi connectivity index (χ4v) is 4.66. The Balaban J connectivity index is 1.46. The lowest BCUT2D eigenvalue weighted by Crippen LogP contribution is -2.41. The van der Waals surface area contributed by atoms with Gasteiger partial charge in [-0.25, -0.2) is 9.37 Å². The Bertz CT molecular complexity index is 1240. The zero-order chi connectivity index (χ0) is 20.7. The molecule has 4 aromatic rings. The van der Waals surface area contributed by atoms with Crippen LogP contribution in [0.4, 0.5) is 4.39 Å². The van der Waals surface area contributed by atoms with Crippen molar-refractivity contribution in [1.82, 2.24) is 19.4 Å². The number of fused-ring (bicyclic) bond motifs is 3. The van der Waals surface area contributed by atoms with Gasteiger partial charge in [-0.05, 0) is 49.1 Å². The molecule has 1 aromatic carbocycles. The highest BCUT2D eigenvalue weighted by molar-refractivity contribution is 6.02. The van der Waals surface area contributed by atoms with E-state index in [1.807, 2.05) is 30.6 Å². The van der Waals surface area contributed by atoms with Crippen molar-refractivity contribution in [3.63, 3.8) is 0 Å². The number of H-pyrrole nitrogens is 1. The van der Waals surface area contributed by atoms with Gasteiger partial charge in [0.25, 0.3) is 0 Å². The first-order chi connectivity index (χ1) is 14.6. The predicted octanol–water partition coefficient (Wildman–Crippen LogP) is 4.14. The third-order valence-corrected chi connectivity index (χ3v) is 6.46. The maximum Gasteiger partial charge on any atom is 0.190 e. The van der Waals surface area contributed by atoms with Crippen molar-refractivity contribution in [1.29, 1.82) is 0 Å². The number of piperidine rings is 1. The van der Waals surface area contributed by atoms with Crippen molar-refractivity contribution in [3.05, 3.63) is 76.6 Å². The number of rotatable bonds is 4. The van der Waals surface area contributed by atoms with Crippen molar-refractivity contribution in [3.8, 4) is 0 Å². The van der Waals surface area contributed by atoms with Gasteiger partial charge >= 0.3 is 0 Å². The summed E-state index contributed by atoms with van der Waals surface area (Å²) in [6, 6.07) is 10.7. The second kappa shape index (κ2) is 7.69. The largest absolute Gasteiger partial charge is 0.346 e. The van der Waals surface area contributed by atoms with Crippen molar-refractivity contribution >= 4 is 21.9 Å². The van der Waals surface area contributed by atoms with Crippen LogP contribution in [0.2, 0.25) is 0 Å². The van der Waals surface area contributed by atoms with Crippen LogP contribution in [0.25, 0.3) is 21.9 Å². The van der Waals surface area contributed by atoms with Gasteiger partial charge in [0, 0.05) is 49.2 Å². The first kappa shape index (κ1) is 19.0. The Morgan fingerprint density at radius 1 is 1.17 bits per heavy atom. The predicted molar refractivity (Wildman–Crippen MR) is 117 cm³/mol. The lowest BCUT2D eigenvalue weighted by atomic mass is 9.92. The van der Waals surface area contributed by atoms with Crippen LogP contribution in [-0.2, 0) is 6.42 Å². The minimum Gasteiger partial charge on any atom is -0.346 e. The van der Waals surface area contributed by atoms with E-state index in [9.17, 15) is 9.18 Å². The number of benzene rings is 1. The normalized spacial score (nSPS) is 20.2. The van der Waals surface area contributed by atoms with Crippen LogP contribution in [0, 0.1) is 11.7 Å². The average Bonchev–Trinajstić information content (AvgIpc) is 3.24. The molecule has 5 rings (SSSR count). The molecule has 154 valence electrons. The number of hydrogen-bond acceptors (Lipinski definition) is 3. The summed E-state index contributed by atoms with van der Waals surface area (Å²) in [5.41, 5.74) is 2.93. The number of aromatic amines is 1. The molecule has 2 atom stereocenters. The molecule has 3 aromatic heterocycles. The quantitative estimate of drug-likeness (QED) is 0.556. The van der Waals surface area contributed by atoms with Gasteiger partial charge in [-0.15, -0.1) is 0 Å². The molecule has 1 saturated heterocycles. The van der Waals surface area contributed by atoms with Crippen LogP contribution in [-0.4, -0.2) is 39.1 Å². The van der Waals surface area contributed by atoms with E-state index in [-0.39, 0.29) is 17.3 Å². The van der Waals surface area contributed by atoms with Gasteiger partial charge in [-0.3, -0.25) is 4.79 Å². The number of likely N-dealkylation sites (tertiary alicyclic amines) is 1. The number of nitrogens with one attached hydrogen (secondary N) is 1. The Kier molecular flexibility index (Phi) is 4.87. The topological polar surface area (TPSA) is 53.9 Å². The first-order valence-electron chi connectivity index (χ1n) is 10.5. The van der Waals surface area contributed by atoms with Crippen molar-refractivity contribution in [2.24, 2.45) is 5.92 Å². The summed E-state index contributed by atoms with van der Waals surface area (Å²) in [5.74, 6) is 0.307. The Morgan fingerprint density at radius 3 is 2.83 bits per heavy atom. The van der Waals surface area contributed by atoms with E-state index < -0.39 is 0 Å². The molecule has 0 bridgehead atoms. The number of halogens is 1. The Morgan fingerprint density at radius 2 is 2.00 bits per heavy atom. The zero-order valence-electron chi connectivity index (χ0n) is 17.0. The summed E-state index contributed by atoms with van der Waals surface area (Å²) >= 11 is 0. The van der Waals surface area contributed by atoms with Gasteiger partial charge < -0.3 is 14.5 Å². The summed E-state index contributed by atoms with van der Waals surface area (Å²) < 4.78 is 15.4. The molecule has 0 radical (unpaired) electrons.